The molecule has 5 heteroatoms. The lowest BCUT2D eigenvalue weighted by Crippen LogP contribution is -2.45. The fourth-order valence-corrected chi connectivity index (χ4v) is 13.2. The van der Waals surface area contributed by atoms with Gasteiger partial charge in [-0.05, 0) is 203 Å². The van der Waals surface area contributed by atoms with Crippen LogP contribution in [0.1, 0.15) is 116 Å². The van der Waals surface area contributed by atoms with Crippen LogP contribution in [-0.2, 0) is 0 Å². The third-order valence-corrected chi connectivity index (χ3v) is 16.3. The number of benzene rings is 3. The monoisotopic (exact) mass is 974 g/mol. The summed E-state index contributed by atoms with van der Waals surface area (Å²) in [6.45, 7) is 0. The third-order valence-electron chi connectivity index (χ3n) is 14.5. The predicted molar refractivity (Wildman–Crippen MR) is 262 cm³/mol. The minimum absolute atomic E-state index is 0.240. The highest BCUT2D eigenvalue weighted by Crippen LogP contribution is 2.53. The average Bonchev–Trinajstić information content (AvgIpc) is 3.29. The first kappa shape index (κ1) is 41.5. The second kappa shape index (κ2) is 19.5. The normalized spacial score (nSPS) is 27.3. The van der Waals surface area contributed by atoms with Gasteiger partial charge in [0.25, 0.3) is 0 Å². The van der Waals surface area contributed by atoms with E-state index in [0.717, 1.165) is 21.8 Å². The minimum Gasteiger partial charge on any atom is -0.333 e. The van der Waals surface area contributed by atoms with Crippen molar-refractivity contribution in [2.24, 2.45) is 23.7 Å². The summed E-state index contributed by atoms with van der Waals surface area (Å²) in [5.74, 6) is 2.09. The molecule has 0 spiro atoms. The minimum atomic E-state index is 0.240. The zero-order valence-corrected chi connectivity index (χ0v) is 39.4. The number of nitrogens with zero attached hydrogens (tertiary/aromatic N) is 2. The molecule has 0 fully saturated rings. The molecule has 6 aliphatic carbocycles. The van der Waals surface area contributed by atoms with Gasteiger partial charge in [-0.2, -0.15) is 0 Å². The maximum absolute atomic E-state index is 4.51. The summed E-state index contributed by atoms with van der Waals surface area (Å²) in [5, 5.41) is 0. The Morgan fingerprint density at radius 3 is 1.34 bits per heavy atom. The van der Waals surface area contributed by atoms with E-state index in [1.165, 1.54) is 130 Å². The summed E-state index contributed by atoms with van der Waals surface area (Å²) < 4.78 is 3.44. The van der Waals surface area contributed by atoms with Gasteiger partial charge in [0.1, 0.15) is 0 Å². The summed E-state index contributed by atoms with van der Waals surface area (Å²) in [6.07, 6.45) is 42.4. The van der Waals surface area contributed by atoms with Gasteiger partial charge in [0.2, 0.25) is 0 Å². The Bertz CT molecular complexity index is 2010. The van der Waals surface area contributed by atoms with Gasteiger partial charge in [0, 0.05) is 32.2 Å². The van der Waals surface area contributed by atoms with Crippen molar-refractivity contribution in [1.82, 2.24) is 0 Å². The molecule has 0 aliphatic heterocycles. The average molecular weight is 978 g/mol. The van der Waals surface area contributed by atoms with Crippen LogP contribution in [0, 0.1) is 23.7 Å². The second-order valence-electron chi connectivity index (χ2n) is 18.0. The fourth-order valence-electron chi connectivity index (χ4n) is 11.8. The number of allylic oxidation sites excluding steroid dienone is 8. The Kier molecular flexibility index (Phi) is 13.7. The van der Waals surface area contributed by atoms with E-state index >= 15 is 0 Å². The van der Waals surface area contributed by atoms with Crippen LogP contribution in [-0.4, -0.2) is 12.1 Å². The standard InChI is InChI=1S/C54H61Br3N2/c55-42-26-13-28-44(36-42)58(53-46(38-18-5-1-6-19-38)30-15-31-47(53)39-20-7-2-8-21-39)50-34-17-35-51(52(50)57)59(45-29-14-27-43(56)37-45)54-48(40-22-9-3-10-23-40)32-16-33-49(54)41-24-11-4-12-25-41/h1,3,5,9,13-14,17,20,24,26-30,32,34-38,40,47,49,53-54H,2,4,6-8,10-12,15-16,18-19,21-23,25,31,33H2. The molecule has 0 amide bonds. The summed E-state index contributed by atoms with van der Waals surface area (Å²) >= 11 is 12.4. The van der Waals surface area contributed by atoms with Crippen LogP contribution in [0.25, 0.3) is 0 Å². The van der Waals surface area contributed by atoms with Gasteiger partial charge >= 0.3 is 0 Å². The van der Waals surface area contributed by atoms with E-state index in [1.54, 1.807) is 22.3 Å². The first-order valence-corrected chi connectivity index (χ1v) is 25.4. The zero-order valence-electron chi connectivity index (χ0n) is 34.7. The highest BCUT2D eigenvalue weighted by molar-refractivity contribution is 9.11. The lowest BCUT2D eigenvalue weighted by molar-refractivity contribution is 0.391. The van der Waals surface area contributed by atoms with Crippen molar-refractivity contribution >= 4 is 70.5 Å². The quantitative estimate of drug-likeness (QED) is 0.187. The molecule has 9 rings (SSSR count). The smallest absolute Gasteiger partial charge is 0.0649 e. The van der Waals surface area contributed by atoms with E-state index in [1.807, 2.05) is 0 Å². The molecule has 0 bridgehead atoms. The molecule has 3 aromatic carbocycles. The number of hydrogen-bond acceptors (Lipinski definition) is 2. The van der Waals surface area contributed by atoms with Gasteiger partial charge in [0.15, 0.2) is 0 Å². The molecule has 6 unspecified atom stereocenters. The Hall–Kier alpha value is -2.86. The highest BCUT2D eigenvalue weighted by Gasteiger charge is 2.42. The molecule has 308 valence electrons. The topological polar surface area (TPSA) is 6.48 Å². The van der Waals surface area contributed by atoms with E-state index in [-0.39, 0.29) is 12.1 Å². The number of halogens is 3. The first-order valence-electron chi connectivity index (χ1n) is 23.0. The Morgan fingerprint density at radius 1 is 0.458 bits per heavy atom. The van der Waals surface area contributed by atoms with Gasteiger partial charge in [-0.15, -0.1) is 0 Å². The van der Waals surface area contributed by atoms with Crippen LogP contribution in [0.4, 0.5) is 22.7 Å². The van der Waals surface area contributed by atoms with Crippen LogP contribution in [0.2, 0.25) is 0 Å². The second-order valence-corrected chi connectivity index (χ2v) is 20.6. The van der Waals surface area contributed by atoms with E-state index in [2.05, 4.69) is 173 Å². The van der Waals surface area contributed by atoms with Gasteiger partial charge in [0.05, 0.1) is 27.9 Å². The van der Waals surface area contributed by atoms with Crippen LogP contribution in [0.3, 0.4) is 0 Å². The lowest BCUT2D eigenvalue weighted by Gasteiger charge is -2.48. The summed E-state index contributed by atoms with van der Waals surface area (Å²) in [5.41, 5.74) is 11.8. The van der Waals surface area contributed by atoms with E-state index in [4.69, 9.17) is 0 Å². The molecule has 0 saturated carbocycles. The number of rotatable bonds is 10. The highest BCUT2D eigenvalue weighted by atomic mass is 79.9. The molecule has 6 atom stereocenters. The molecule has 6 aliphatic rings. The summed E-state index contributed by atoms with van der Waals surface area (Å²) in [4.78, 5) is 5.57. The molecule has 0 aromatic heterocycles. The van der Waals surface area contributed by atoms with Crippen molar-refractivity contribution in [2.45, 2.75) is 128 Å². The Balaban J connectivity index is 1.25. The van der Waals surface area contributed by atoms with E-state index in [0.29, 0.717) is 23.7 Å². The van der Waals surface area contributed by atoms with Crippen molar-refractivity contribution in [3.8, 4) is 0 Å². The molecule has 3 aromatic rings. The third kappa shape index (κ3) is 9.05. The van der Waals surface area contributed by atoms with E-state index < -0.39 is 0 Å². The number of anilines is 4. The molecular formula is C54H61Br3N2. The largest absolute Gasteiger partial charge is 0.333 e. The van der Waals surface area contributed by atoms with Crippen molar-refractivity contribution in [1.29, 1.82) is 0 Å². The summed E-state index contributed by atoms with van der Waals surface area (Å²) in [7, 11) is 0. The molecule has 0 heterocycles. The van der Waals surface area contributed by atoms with E-state index in [9.17, 15) is 0 Å². The fraction of sp³-hybridized carbons (Fsp3) is 0.444. The Morgan fingerprint density at radius 2 is 0.932 bits per heavy atom. The molecule has 59 heavy (non-hydrogen) atoms. The van der Waals surface area contributed by atoms with Crippen LogP contribution >= 0.6 is 47.8 Å². The van der Waals surface area contributed by atoms with Crippen molar-refractivity contribution in [2.75, 3.05) is 9.80 Å². The summed E-state index contributed by atoms with van der Waals surface area (Å²) in [6, 6.07) is 26.0. The molecule has 0 radical (unpaired) electrons. The predicted octanol–water partition coefficient (Wildman–Crippen LogP) is 17.4. The van der Waals surface area contributed by atoms with Crippen molar-refractivity contribution in [3.05, 3.63) is 151 Å². The molecule has 0 N–H and O–H groups in total. The van der Waals surface area contributed by atoms with Gasteiger partial charge in [-0.25, -0.2) is 0 Å². The SMILES string of the molecule is Brc1cccc(N(c2cccc(N(c3cccc(Br)c3)C3C(C4CC=CCC4)=CCCC3C3=CCCCC3)c2Br)C2C(C3CC=CCC3)=CCCC2C2=CCCCC2)c1. The maximum Gasteiger partial charge on any atom is 0.0649 e. The van der Waals surface area contributed by atoms with Crippen LogP contribution < -0.4 is 9.80 Å². The van der Waals surface area contributed by atoms with Crippen LogP contribution in [0.15, 0.2) is 151 Å². The molecular weight excluding hydrogens is 916 g/mol. The lowest BCUT2D eigenvalue weighted by atomic mass is 9.70. The van der Waals surface area contributed by atoms with Crippen molar-refractivity contribution < 1.29 is 0 Å². The van der Waals surface area contributed by atoms with Crippen molar-refractivity contribution in [3.63, 3.8) is 0 Å². The van der Waals surface area contributed by atoms with Gasteiger partial charge in [-0.1, -0.05) is 110 Å². The first-order chi connectivity index (χ1) is 29.0. The maximum atomic E-state index is 4.51. The van der Waals surface area contributed by atoms with Crippen LogP contribution in [0.5, 0.6) is 0 Å². The van der Waals surface area contributed by atoms with Gasteiger partial charge < -0.3 is 9.80 Å². The van der Waals surface area contributed by atoms with Gasteiger partial charge in [-0.3, -0.25) is 0 Å². The molecule has 0 saturated heterocycles. The Labute approximate surface area is 380 Å². The molecule has 2 nitrogen and oxygen atoms in total. The zero-order chi connectivity index (χ0) is 40.1. The number of hydrogen-bond donors (Lipinski definition) is 0.